The molecule has 2 amide bonds. The summed E-state index contributed by atoms with van der Waals surface area (Å²) in [5.74, 6) is -0.273. The van der Waals surface area contributed by atoms with Crippen molar-refractivity contribution in [2.24, 2.45) is 0 Å². The number of hydrogen-bond donors (Lipinski definition) is 5. The van der Waals surface area contributed by atoms with Gasteiger partial charge in [-0.25, -0.2) is 9.21 Å². The van der Waals surface area contributed by atoms with Crippen molar-refractivity contribution in [1.29, 1.82) is 0 Å². The number of ether oxygens (including phenoxy) is 1. The van der Waals surface area contributed by atoms with Gasteiger partial charge >= 0.3 is 6.09 Å². The molecule has 1 atom stereocenters. The monoisotopic (exact) mass is 723 g/mol. The summed E-state index contributed by atoms with van der Waals surface area (Å²) in [6.07, 6.45) is 0.0173. The van der Waals surface area contributed by atoms with Crippen LogP contribution in [0.2, 0.25) is 0 Å². The van der Waals surface area contributed by atoms with Gasteiger partial charge in [-0.05, 0) is 66.3 Å². The minimum Gasteiger partial charge on any atom is -0.506 e. The highest BCUT2D eigenvalue weighted by molar-refractivity contribution is 6.36. The number of anilines is 2. The molecule has 11 nitrogen and oxygen atoms in total. The molecule has 0 bridgehead atoms. The molecule has 0 spiro atoms. The van der Waals surface area contributed by atoms with Crippen LogP contribution in [0.25, 0.3) is 22.0 Å². The molecule has 0 saturated carbocycles. The van der Waals surface area contributed by atoms with Gasteiger partial charge in [0.1, 0.15) is 11.9 Å². The number of rotatable bonds is 12. The molecule has 1 saturated heterocycles. The predicted octanol–water partition coefficient (Wildman–Crippen LogP) is 6.62. The maximum atomic E-state index is 13.1. The Balaban J connectivity index is 0.928. The number of fused-ring (bicyclic) bond motifs is 1. The molecule has 1 fully saturated rings. The number of piperidine rings is 1. The fourth-order valence-electron chi connectivity index (χ4n) is 6.55. The molecule has 1 aliphatic rings. The second-order valence-electron chi connectivity index (χ2n) is 13.0. The minimum absolute atomic E-state index is 0.0608. The van der Waals surface area contributed by atoms with Gasteiger partial charge in [-0.1, -0.05) is 66.7 Å². The van der Waals surface area contributed by atoms with Crippen molar-refractivity contribution in [2.45, 2.75) is 44.9 Å². The number of pyridine rings is 1. The van der Waals surface area contributed by atoms with E-state index in [1.807, 2.05) is 79.7 Å². The van der Waals surface area contributed by atoms with E-state index in [1.54, 1.807) is 12.1 Å². The van der Waals surface area contributed by atoms with Crippen LogP contribution in [-0.2, 0) is 16.1 Å². The Kier molecular flexibility index (Phi) is 11.9. The van der Waals surface area contributed by atoms with Crippen LogP contribution in [0.1, 0.15) is 42.1 Å². The van der Waals surface area contributed by atoms with E-state index in [9.17, 15) is 24.6 Å². The molecule has 4 aromatic carbocycles. The van der Waals surface area contributed by atoms with Gasteiger partial charge < -0.3 is 30.2 Å². The van der Waals surface area contributed by atoms with Gasteiger partial charge in [-0.3, -0.25) is 14.9 Å². The number of benzene rings is 4. The fraction of sp³-hybridized carbons (Fsp3) is 0.275. The lowest BCUT2D eigenvalue weighted by molar-refractivity contribution is -0.117. The van der Waals surface area contributed by atoms with Gasteiger partial charge in [0.25, 0.3) is 0 Å². The Morgan fingerprint density at radius 2 is 1.75 bits per heavy atom. The van der Waals surface area contributed by atoms with Crippen molar-refractivity contribution in [3.63, 3.8) is 0 Å². The summed E-state index contributed by atoms with van der Waals surface area (Å²) in [7, 11) is 0. The molecule has 0 radical (unpaired) electrons. The average Bonchev–Trinajstić information content (AvgIpc) is 3.15. The van der Waals surface area contributed by atoms with Gasteiger partial charge in [0, 0.05) is 67.9 Å². The number of hydrogen-bond acceptors (Lipinski definition) is 8. The van der Waals surface area contributed by atoms with Crippen molar-refractivity contribution in [3.05, 3.63) is 124 Å². The zero-order valence-corrected chi connectivity index (χ0v) is 29.6. The van der Waals surface area contributed by atoms with Crippen molar-refractivity contribution < 1.29 is 24.5 Å². The number of aliphatic hydroxyl groups is 1. The Hall–Kier alpha value is -5.20. The lowest BCUT2D eigenvalue weighted by Gasteiger charge is -2.31. The summed E-state index contributed by atoms with van der Waals surface area (Å²) in [4.78, 5) is 42.3. The van der Waals surface area contributed by atoms with Crippen molar-refractivity contribution in [3.8, 4) is 16.9 Å². The van der Waals surface area contributed by atoms with E-state index in [1.165, 1.54) is 16.6 Å². The highest BCUT2D eigenvalue weighted by Crippen LogP contribution is 2.30. The second kappa shape index (κ2) is 16.9. The van der Waals surface area contributed by atoms with Crippen molar-refractivity contribution in [1.82, 2.24) is 15.2 Å². The van der Waals surface area contributed by atoms with Crippen LogP contribution < -0.4 is 20.6 Å². The lowest BCUT2D eigenvalue weighted by Crippen LogP contribution is -2.40. The summed E-state index contributed by atoms with van der Waals surface area (Å²) >= 11 is 6.52. The number of carbonyl (C=O) groups excluding carboxylic acids is 2. The minimum atomic E-state index is -0.878. The molecule has 270 valence electrons. The summed E-state index contributed by atoms with van der Waals surface area (Å²) in [5.41, 5.74) is 5.54. The van der Waals surface area contributed by atoms with E-state index in [-0.39, 0.29) is 41.8 Å². The van der Waals surface area contributed by atoms with Crippen LogP contribution in [0.15, 0.2) is 102 Å². The van der Waals surface area contributed by atoms with Crippen LogP contribution in [0.3, 0.4) is 0 Å². The number of aryl methyl sites for hydroxylation is 1. The number of phenols is 1. The lowest BCUT2D eigenvalue weighted by atomic mass is 10.0. The molecule has 2 heterocycles. The molecular formula is C40H42ClN5O6. The van der Waals surface area contributed by atoms with Crippen LogP contribution in [0.4, 0.5) is 16.2 Å². The summed E-state index contributed by atoms with van der Waals surface area (Å²) in [6.45, 7) is 4.53. The highest BCUT2D eigenvalue weighted by Gasteiger charge is 2.24. The summed E-state index contributed by atoms with van der Waals surface area (Å²) < 4.78 is 6.92. The van der Waals surface area contributed by atoms with E-state index in [4.69, 9.17) is 16.5 Å². The number of likely N-dealkylation sites (tertiary alicyclic amines) is 1. The Morgan fingerprint density at radius 1 is 1.00 bits per heavy atom. The first kappa shape index (κ1) is 36.6. The molecule has 0 aliphatic carbocycles. The van der Waals surface area contributed by atoms with E-state index >= 15 is 0 Å². The number of aromatic nitrogens is 1. The normalized spacial score (nSPS) is 14.2. The summed E-state index contributed by atoms with van der Waals surface area (Å²) in [6, 6.07) is 29.2. The van der Waals surface area contributed by atoms with Gasteiger partial charge in [0.15, 0.2) is 0 Å². The largest absolute Gasteiger partial charge is 0.506 e. The Labute approximate surface area is 306 Å². The number of para-hydroxylation sites is 1. The molecular weight excluding hydrogens is 682 g/mol. The number of amides is 2. The Bertz CT molecular complexity index is 2080. The molecule has 6 rings (SSSR count). The first-order valence-corrected chi connectivity index (χ1v) is 17.7. The van der Waals surface area contributed by atoms with Crippen LogP contribution >= 0.6 is 11.8 Å². The number of aliphatic hydroxyl groups excluding tert-OH is 1. The van der Waals surface area contributed by atoms with E-state index < -0.39 is 12.2 Å². The van der Waals surface area contributed by atoms with Crippen LogP contribution in [0, 0.1) is 6.92 Å². The molecule has 5 aromatic rings. The number of aromatic amines is 1. The van der Waals surface area contributed by atoms with Gasteiger partial charge in [0.05, 0.1) is 23.0 Å². The average molecular weight is 724 g/mol. The second-order valence-corrected chi connectivity index (χ2v) is 13.3. The molecule has 5 N–H and O–H groups in total. The molecule has 1 aliphatic heterocycles. The number of nitrogens with one attached hydrogen (secondary N) is 3. The number of H-pyrrole nitrogens is 1. The number of aromatic hydroxyl groups is 1. The first-order valence-electron chi connectivity index (χ1n) is 17.3. The maximum Gasteiger partial charge on any atom is 0.411 e. The Morgan fingerprint density at radius 3 is 2.52 bits per heavy atom. The van der Waals surface area contributed by atoms with Crippen molar-refractivity contribution in [2.75, 3.05) is 35.9 Å². The number of halogens is 1. The van der Waals surface area contributed by atoms with Gasteiger partial charge in [0.2, 0.25) is 11.5 Å². The van der Waals surface area contributed by atoms with Gasteiger partial charge in [-0.15, -0.1) is 0 Å². The molecule has 1 aromatic heterocycles. The third kappa shape index (κ3) is 8.99. The van der Waals surface area contributed by atoms with Crippen LogP contribution in [0.5, 0.6) is 5.75 Å². The van der Waals surface area contributed by atoms with E-state index in [0.717, 1.165) is 22.3 Å². The number of nitrogens with zero attached hydrogens (tertiary/aromatic N) is 2. The third-order valence-electron chi connectivity index (χ3n) is 9.32. The fourth-order valence-corrected chi connectivity index (χ4v) is 6.82. The molecule has 52 heavy (non-hydrogen) atoms. The number of carbonyl (C=O) groups is 2. The molecule has 1 unspecified atom stereocenters. The SMILES string of the molecule is Cc1cc(CNCC(O)c2ccc(O)c3[nH]c(=O)ccc23)ccc1N(Cl)C(=O)CCN1CCC(OC(=O)Nc2ccccc2-c2ccccc2)CC1. The standard InChI is InChI=1S/C40H42ClN5O6/c1-26-23-27(24-42-25-36(48)31-12-15-35(47)39-32(31)13-16-37(49)44-39)11-14-34(26)46(41)38(50)19-22-45-20-17-29(18-21-45)52-40(51)43-33-10-6-5-9-30(33)28-7-3-2-4-8-28/h2-16,23,29,36,42,47-48H,17-22,24-25H2,1H3,(H,43,51)(H,44,49). The summed E-state index contributed by atoms with van der Waals surface area (Å²) in [5, 5.41) is 27.7. The van der Waals surface area contributed by atoms with Gasteiger partial charge in [-0.2, -0.15) is 0 Å². The predicted molar refractivity (Wildman–Crippen MR) is 203 cm³/mol. The first-order chi connectivity index (χ1) is 25.2. The smallest absolute Gasteiger partial charge is 0.411 e. The third-order valence-corrected chi connectivity index (χ3v) is 9.69. The zero-order chi connectivity index (χ0) is 36.6. The maximum absolute atomic E-state index is 13.1. The van der Waals surface area contributed by atoms with E-state index in [0.29, 0.717) is 61.3 Å². The van der Waals surface area contributed by atoms with Crippen molar-refractivity contribution >= 4 is 46.1 Å². The zero-order valence-electron chi connectivity index (χ0n) is 28.8. The molecule has 12 heteroatoms. The van der Waals surface area contributed by atoms with Crippen LogP contribution in [-0.4, -0.2) is 64.4 Å². The van der Waals surface area contributed by atoms with E-state index in [2.05, 4.69) is 20.5 Å². The quantitative estimate of drug-likeness (QED) is 0.0903. The number of phenolic OH excluding ortho intramolecular Hbond substituents is 1. The topological polar surface area (TPSA) is 147 Å². The highest BCUT2D eigenvalue weighted by atomic mass is 35.5.